The first-order valence-corrected chi connectivity index (χ1v) is 9.56. The molecule has 2 heteroatoms. The van der Waals surface area contributed by atoms with Crippen LogP contribution in [-0.2, 0) is 6.42 Å². The number of hydrogen-bond acceptors (Lipinski definition) is 2. The van der Waals surface area contributed by atoms with E-state index in [1.54, 1.807) is 0 Å². The molecule has 1 aromatic rings. The van der Waals surface area contributed by atoms with Gasteiger partial charge in [-0.15, -0.1) is 11.8 Å². The van der Waals surface area contributed by atoms with Crippen LogP contribution in [0, 0.1) is 0 Å². The number of unbranched alkanes of at least 4 members (excludes halogenated alkanes) is 5. The molecule has 0 saturated heterocycles. The number of rotatable bonds is 8. The number of aliphatic hydroxyl groups excluding tert-OH is 1. The smallest absolute Gasteiger partial charge is 0.0762 e. The van der Waals surface area contributed by atoms with Crippen molar-refractivity contribution in [3.63, 3.8) is 0 Å². The Kier molecular flexibility index (Phi) is 7.12. The van der Waals surface area contributed by atoms with Gasteiger partial charge in [0, 0.05) is 10.1 Å². The zero-order valence-corrected chi connectivity index (χ0v) is 14.4. The summed E-state index contributed by atoms with van der Waals surface area (Å²) in [6, 6.07) is 6.51. The number of benzene rings is 1. The van der Waals surface area contributed by atoms with E-state index in [-0.39, 0.29) is 6.10 Å². The van der Waals surface area contributed by atoms with Gasteiger partial charge in [0.05, 0.1) is 6.10 Å². The van der Waals surface area contributed by atoms with Gasteiger partial charge in [-0.2, -0.15) is 0 Å². The van der Waals surface area contributed by atoms with Crippen LogP contribution >= 0.6 is 11.8 Å². The summed E-state index contributed by atoms with van der Waals surface area (Å²) in [4.78, 5) is 1.45. The van der Waals surface area contributed by atoms with Crippen LogP contribution in [0.1, 0.15) is 82.4 Å². The molecule has 118 valence electrons. The fourth-order valence-corrected chi connectivity index (χ4v) is 4.42. The van der Waals surface area contributed by atoms with E-state index in [2.05, 4.69) is 36.9 Å². The Labute approximate surface area is 134 Å². The predicted molar refractivity (Wildman–Crippen MR) is 93.0 cm³/mol. The lowest BCUT2D eigenvalue weighted by Crippen LogP contribution is -2.11. The average Bonchev–Trinajstić information content (AvgIpc) is 2.50. The van der Waals surface area contributed by atoms with Crippen LogP contribution in [0.25, 0.3) is 0 Å². The molecule has 0 aliphatic carbocycles. The van der Waals surface area contributed by atoms with Gasteiger partial charge in [0.25, 0.3) is 0 Å². The van der Waals surface area contributed by atoms with Gasteiger partial charge in [0.2, 0.25) is 0 Å². The standard InChI is InChI=1S/C19H30OS/c1-3-4-5-6-7-8-9-18-12-10-17-14-16(15(2)20)11-13-19(17)21-18/h11,13-15,18,20H,3-10,12H2,1-2H3/t15-,18+/m1/s1. The van der Waals surface area contributed by atoms with Crippen LogP contribution in [0.2, 0.25) is 0 Å². The van der Waals surface area contributed by atoms with Crippen molar-refractivity contribution in [1.82, 2.24) is 0 Å². The van der Waals surface area contributed by atoms with Crippen LogP contribution in [-0.4, -0.2) is 10.4 Å². The Morgan fingerprint density at radius 3 is 2.71 bits per heavy atom. The maximum Gasteiger partial charge on any atom is 0.0762 e. The van der Waals surface area contributed by atoms with Crippen LogP contribution in [0.15, 0.2) is 23.1 Å². The molecule has 21 heavy (non-hydrogen) atoms. The molecule has 0 fully saturated rings. The third-order valence-corrected chi connectivity index (χ3v) is 5.93. The van der Waals surface area contributed by atoms with Crippen LogP contribution < -0.4 is 0 Å². The number of fused-ring (bicyclic) bond motifs is 1. The van der Waals surface area contributed by atoms with Gasteiger partial charge in [-0.05, 0) is 43.4 Å². The van der Waals surface area contributed by atoms with Gasteiger partial charge in [0.1, 0.15) is 0 Å². The average molecular weight is 307 g/mol. The minimum absolute atomic E-state index is 0.346. The summed E-state index contributed by atoms with van der Waals surface area (Å²) in [7, 11) is 0. The largest absolute Gasteiger partial charge is 0.389 e. The highest BCUT2D eigenvalue weighted by Gasteiger charge is 2.19. The van der Waals surface area contributed by atoms with Crippen molar-refractivity contribution in [3.05, 3.63) is 29.3 Å². The molecule has 0 aromatic heterocycles. The lowest BCUT2D eigenvalue weighted by molar-refractivity contribution is 0.199. The van der Waals surface area contributed by atoms with Gasteiger partial charge >= 0.3 is 0 Å². The molecular weight excluding hydrogens is 276 g/mol. The van der Waals surface area contributed by atoms with E-state index in [0.717, 1.165) is 10.8 Å². The molecule has 1 aromatic carbocycles. The molecule has 1 N–H and O–H groups in total. The highest BCUT2D eigenvalue weighted by Crippen LogP contribution is 2.38. The molecule has 2 atom stereocenters. The van der Waals surface area contributed by atoms with E-state index in [0.29, 0.717) is 0 Å². The van der Waals surface area contributed by atoms with E-state index < -0.39 is 0 Å². The molecule has 0 unspecified atom stereocenters. The topological polar surface area (TPSA) is 20.2 Å². The first kappa shape index (κ1) is 16.9. The zero-order chi connectivity index (χ0) is 15.1. The molecule has 1 aliphatic rings. The van der Waals surface area contributed by atoms with E-state index in [9.17, 15) is 5.11 Å². The summed E-state index contributed by atoms with van der Waals surface area (Å²) in [6.07, 6.45) is 11.9. The van der Waals surface area contributed by atoms with E-state index >= 15 is 0 Å². The third kappa shape index (κ3) is 5.34. The Morgan fingerprint density at radius 2 is 1.95 bits per heavy atom. The van der Waals surface area contributed by atoms with Gasteiger partial charge in [-0.25, -0.2) is 0 Å². The number of aryl methyl sites for hydroxylation is 1. The third-order valence-electron chi connectivity index (χ3n) is 4.48. The maximum absolute atomic E-state index is 9.68. The highest BCUT2D eigenvalue weighted by molar-refractivity contribution is 8.00. The summed E-state index contributed by atoms with van der Waals surface area (Å²) >= 11 is 2.06. The second kappa shape index (κ2) is 8.85. The maximum atomic E-state index is 9.68. The first-order chi connectivity index (χ1) is 10.2. The van der Waals surface area contributed by atoms with Crippen molar-refractivity contribution in [2.24, 2.45) is 0 Å². The minimum Gasteiger partial charge on any atom is -0.389 e. The van der Waals surface area contributed by atoms with E-state index in [4.69, 9.17) is 0 Å². The quantitative estimate of drug-likeness (QED) is 0.604. The van der Waals surface area contributed by atoms with E-state index in [1.807, 2.05) is 6.92 Å². The van der Waals surface area contributed by atoms with E-state index in [1.165, 1.54) is 68.2 Å². The number of thioether (sulfide) groups is 1. The second-order valence-corrected chi connectivity index (χ2v) is 7.72. The molecule has 0 saturated carbocycles. The molecule has 1 aliphatic heterocycles. The lowest BCUT2D eigenvalue weighted by Gasteiger charge is -2.25. The van der Waals surface area contributed by atoms with Crippen molar-refractivity contribution in [3.8, 4) is 0 Å². The summed E-state index contributed by atoms with van der Waals surface area (Å²) in [6.45, 7) is 4.12. The van der Waals surface area contributed by atoms with Crippen LogP contribution in [0.3, 0.4) is 0 Å². The van der Waals surface area contributed by atoms with Gasteiger partial charge in [-0.3, -0.25) is 0 Å². The monoisotopic (exact) mass is 306 g/mol. The zero-order valence-electron chi connectivity index (χ0n) is 13.6. The molecule has 1 heterocycles. The van der Waals surface area contributed by atoms with Crippen molar-refractivity contribution < 1.29 is 5.11 Å². The minimum atomic E-state index is -0.346. The number of aliphatic hydroxyl groups is 1. The Hall–Kier alpha value is -0.470. The second-order valence-electron chi connectivity index (χ2n) is 6.38. The fraction of sp³-hybridized carbons (Fsp3) is 0.684. The highest BCUT2D eigenvalue weighted by atomic mass is 32.2. The van der Waals surface area contributed by atoms with Gasteiger partial charge in [0.15, 0.2) is 0 Å². The van der Waals surface area contributed by atoms with Crippen molar-refractivity contribution in [2.45, 2.75) is 87.9 Å². The fourth-order valence-electron chi connectivity index (χ4n) is 3.08. The molecular formula is C19H30OS. The molecule has 0 spiro atoms. The lowest BCUT2D eigenvalue weighted by atomic mass is 10.00. The first-order valence-electron chi connectivity index (χ1n) is 8.68. The summed E-state index contributed by atoms with van der Waals surface area (Å²) in [5.74, 6) is 0. The van der Waals surface area contributed by atoms with Crippen LogP contribution in [0.4, 0.5) is 0 Å². The Morgan fingerprint density at radius 1 is 1.19 bits per heavy atom. The molecule has 2 rings (SSSR count). The summed E-state index contributed by atoms with van der Waals surface area (Å²) in [5, 5.41) is 10.5. The number of hydrogen-bond donors (Lipinski definition) is 1. The molecule has 0 bridgehead atoms. The van der Waals surface area contributed by atoms with Crippen LogP contribution in [0.5, 0.6) is 0 Å². The Bertz CT molecular complexity index is 428. The summed E-state index contributed by atoms with van der Waals surface area (Å²) < 4.78 is 0. The van der Waals surface area contributed by atoms with Crippen molar-refractivity contribution in [2.75, 3.05) is 0 Å². The Balaban J connectivity index is 1.75. The normalized spacial score (nSPS) is 19.3. The molecule has 0 radical (unpaired) electrons. The summed E-state index contributed by atoms with van der Waals surface area (Å²) in [5.41, 5.74) is 2.50. The molecule has 0 amide bonds. The van der Waals surface area contributed by atoms with Crippen molar-refractivity contribution >= 4 is 11.8 Å². The molecule has 1 nitrogen and oxygen atoms in total. The van der Waals surface area contributed by atoms with Crippen molar-refractivity contribution in [1.29, 1.82) is 0 Å². The van der Waals surface area contributed by atoms with Gasteiger partial charge < -0.3 is 5.11 Å². The van der Waals surface area contributed by atoms with Gasteiger partial charge in [-0.1, -0.05) is 57.6 Å². The predicted octanol–water partition coefficient (Wildman–Crippen LogP) is 5.90. The SMILES string of the molecule is CCCCCCCC[C@H]1CCc2cc([C@@H](C)O)ccc2S1.